The van der Waals surface area contributed by atoms with E-state index in [1.54, 1.807) is 0 Å². The van der Waals surface area contributed by atoms with E-state index in [0.717, 1.165) is 12.0 Å². The number of carbonyl (C=O) groups excluding carboxylic acids is 1. The van der Waals surface area contributed by atoms with Gasteiger partial charge in [-0.2, -0.15) is 0 Å². The highest BCUT2D eigenvalue weighted by Crippen LogP contribution is 2.22. The van der Waals surface area contributed by atoms with Crippen LogP contribution in [0.1, 0.15) is 31.9 Å². The zero-order chi connectivity index (χ0) is 15.1. The predicted octanol–water partition coefficient (Wildman–Crippen LogP) is 3.74. The molecule has 0 unspecified atom stereocenters. The van der Waals surface area contributed by atoms with Gasteiger partial charge in [-0.3, -0.25) is 10.1 Å². The van der Waals surface area contributed by atoms with Crippen LogP contribution >= 0.6 is 11.6 Å². The third-order valence-electron chi connectivity index (χ3n) is 3.18. The molecule has 0 radical (unpaired) electrons. The van der Waals surface area contributed by atoms with E-state index in [2.05, 4.69) is 11.9 Å². The standard InChI is InChI=1S/C16H22ClNO2/c1-5-6-14(12-7-9-13(17)10-8-12)18-15(11(2)3)16(19)20-4/h5,7-11,14-15,18H,1,6H2,2-4H3/t14-,15-/m0/s1. The molecule has 1 N–H and O–H groups in total. The third-order valence-corrected chi connectivity index (χ3v) is 3.43. The Balaban J connectivity index is 2.92. The molecule has 0 spiro atoms. The van der Waals surface area contributed by atoms with E-state index in [0.29, 0.717) is 5.02 Å². The van der Waals surface area contributed by atoms with E-state index in [4.69, 9.17) is 16.3 Å². The first-order chi connectivity index (χ1) is 9.49. The molecule has 0 saturated carbocycles. The summed E-state index contributed by atoms with van der Waals surface area (Å²) < 4.78 is 4.86. The molecule has 3 nitrogen and oxygen atoms in total. The molecule has 0 saturated heterocycles. The fourth-order valence-corrected chi connectivity index (χ4v) is 2.16. The quantitative estimate of drug-likeness (QED) is 0.615. The van der Waals surface area contributed by atoms with Crippen LogP contribution in [-0.4, -0.2) is 19.1 Å². The first kappa shape index (κ1) is 16.7. The Hall–Kier alpha value is -1.32. The molecule has 1 aromatic carbocycles. The Morgan fingerprint density at radius 3 is 2.45 bits per heavy atom. The lowest BCUT2D eigenvalue weighted by molar-refractivity contribution is -0.144. The summed E-state index contributed by atoms with van der Waals surface area (Å²) in [5.41, 5.74) is 1.07. The summed E-state index contributed by atoms with van der Waals surface area (Å²) in [5, 5.41) is 4.05. The lowest BCUT2D eigenvalue weighted by atomic mass is 9.98. The normalized spacial score (nSPS) is 13.8. The van der Waals surface area contributed by atoms with Crippen LogP contribution in [0.25, 0.3) is 0 Å². The highest BCUT2D eigenvalue weighted by Gasteiger charge is 2.26. The zero-order valence-corrected chi connectivity index (χ0v) is 13.0. The molecule has 4 heteroatoms. The number of methoxy groups -OCH3 is 1. The van der Waals surface area contributed by atoms with Gasteiger partial charge in [0.25, 0.3) is 0 Å². The molecule has 20 heavy (non-hydrogen) atoms. The fourth-order valence-electron chi connectivity index (χ4n) is 2.04. The lowest BCUT2D eigenvalue weighted by Gasteiger charge is -2.26. The molecular formula is C16H22ClNO2. The van der Waals surface area contributed by atoms with Crippen molar-refractivity contribution in [2.75, 3.05) is 7.11 Å². The van der Waals surface area contributed by atoms with E-state index in [9.17, 15) is 4.79 Å². The minimum absolute atomic E-state index is 0.0104. The van der Waals surface area contributed by atoms with Gasteiger partial charge >= 0.3 is 5.97 Å². The number of ether oxygens (including phenoxy) is 1. The number of rotatable bonds is 7. The summed E-state index contributed by atoms with van der Waals surface area (Å²) in [4.78, 5) is 11.8. The van der Waals surface area contributed by atoms with E-state index in [1.807, 2.05) is 44.2 Å². The summed E-state index contributed by atoms with van der Waals surface area (Å²) >= 11 is 5.91. The smallest absolute Gasteiger partial charge is 0.323 e. The minimum Gasteiger partial charge on any atom is -0.468 e. The van der Waals surface area contributed by atoms with E-state index < -0.39 is 0 Å². The van der Waals surface area contributed by atoms with Crippen molar-refractivity contribution in [1.82, 2.24) is 5.32 Å². The van der Waals surface area contributed by atoms with Gasteiger partial charge < -0.3 is 4.74 Å². The van der Waals surface area contributed by atoms with Crippen molar-refractivity contribution in [2.24, 2.45) is 5.92 Å². The van der Waals surface area contributed by atoms with Crippen LogP contribution in [0.3, 0.4) is 0 Å². The van der Waals surface area contributed by atoms with Gasteiger partial charge in [0.15, 0.2) is 0 Å². The second-order valence-corrected chi connectivity index (χ2v) is 5.48. The van der Waals surface area contributed by atoms with Crippen molar-refractivity contribution in [3.63, 3.8) is 0 Å². The summed E-state index contributed by atoms with van der Waals surface area (Å²) in [6.07, 6.45) is 2.56. The molecule has 0 aliphatic heterocycles. The topological polar surface area (TPSA) is 38.3 Å². The maximum Gasteiger partial charge on any atom is 0.323 e. The summed E-state index contributed by atoms with van der Waals surface area (Å²) in [7, 11) is 1.41. The monoisotopic (exact) mass is 295 g/mol. The number of halogens is 1. The van der Waals surface area contributed by atoms with Crippen LogP contribution in [0, 0.1) is 5.92 Å². The number of hydrogen-bond donors (Lipinski definition) is 1. The van der Waals surface area contributed by atoms with Crippen molar-refractivity contribution in [3.8, 4) is 0 Å². The van der Waals surface area contributed by atoms with Gasteiger partial charge in [-0.15, -0.1) is 6.58 Å². The van der Waals surface area contributed by atoms with Gasteiger partial charge in [-0.25, -0.2) is 0 Å². The van der Waals surface area contributed by atoms with Crippen LogP contribution in [0.4, 0.5) is 0 Å². The fraction of sp³-hybridized carbons (Fsp3) is 0.438. The predicted molar refractivity (Wildman–Crippen MR) is 82.8 cm³/mol. The maximum atomic E-state index is 11.8. The number of esters is 1. The van der Waals surface area contributed by atoms with Crippen molar-refractivity contribution in [2.45, 2.75) is 32.4 Å². The Morgan fingerprint density at radius 2 is 2.00 bits per heavy atom. The molecule has 0 fully saturated rings. The molecule has 110 valence electrons. The molecule has 0 aliphatic rings. The second-order valence-electron chi connectivity index (χ2n) is 5.04. The summed E-state index contributed by atoms with van der Waals surface area (Å²) in [6, 6.07) is 7.27. The van der Waals surface area contributed by atoms with Crippen LogP contribution in [0.2, 0.25) is 5.02 Å². The molecule has 1 aromatic rings. The Kier molecular flexibility index (Phi) is 6.76. The summed E-state index contributed by atoms with van der Waals surface area (Å²) in [6.45, 7) is 7.75. The van der Waals surface area contributed by atoms with Gasteiger partial charge in [0.1, 0.15) is 6.04 Å². The number of carbonyl (C=O) groups is 1. The highest BCUT2D eigenvalue weighted by atomic mass is 35.5. The van der Waals surface area contributed by atoms with Gasteiger partial charge in [0.2, 0.25) is 0 Å². The average molecular weight is 296 g/mol. The van der Waals surface area contributed by atoms with Gasteiger partial charge in [0, 0.05) is 11.1 Å². The van der Waals surface area contributed by atoms with E-state index in [1.165, 1.54) is 7.11 Å². The van der Waals surface area contributed by atoms with Crippen LogP contribution in [-0.2, 0) is 9.53 Å². The number of nitrogens with one attached hydrogen (secondary N) is 1. The Bertz CT molecular complexity index is 442. The Morgan fingerprint density at radius 1 is 1.40 bits per heavy atom. The van der Waals surface area contributed by atoms with Gasteiger partial charge in [-0.1, -0.05) is 43.7 Å². The van der Waals surface area contributed by atoms with Crippen molar-refractivity contribution in [1.29, 1.82) is 0 Å². The molecule has 0 heterocycles. The Labute approximate surface area is 126 Å². The maximum absolute atomic E-state index is 11.8. The second kappa shape index (κ2) is 8.08. The average Bonchev–Trinajstić information content (AvgIpc) is 2.43. The van der Waals surface area contributed by atoms with Crippen LogP contribution in [0.5, 0.6) is 0 Å². The van der Waals surface area contributed by atoms with E-state index in [-0.39, 0.29) is 24.0 Å². The molecule has 1 rings (SSSR count). The van der Waals surface area contributed by atoms with Crippen LogP contribution in [0.15, 0.2) is 36.9 Å². The van der Waals surface area contributed by atoms with Crippen LogP contribution < -0.4 is 5.32 Å². The van der Waals surface area contributed by atoms with Gasteiger partial charge in [-0.05, 0) is 30.0 Å². The van der Waals surface area contributed by atoms with Crippen molar-refractivity contribution >= 4 is 17.6 Å². The largest absolute Gasteiger partial charge is 0.468 e. The number of hydrogen-bond acceptors (Lipinski definition) is 3. The molecular weight excluding hydrogens is 274 g/mol. The molecule has 0 bridgehead atoms. The van der Waals surface area contributed by atoms with Crippen molar-refractivity contribution in [3.05, 3.63) is 47.5 Å². The van der Waals surface area contributed by atoms with E-state index >= 15 is 0 Å². The SMILES string of the molecule is C=CC[C@H](N[C@H](C(=O)OC)C(C)C)c1ccc(Cl)cc1. The third kappa shape index (κ3) is 4.66. The lowest BCUT2D eigenvalue weighted by Crippen LogP contribution is -2.43. The van der Waals surface area contributed by atoms with Gasteiger partial charge in [0.05, 0.1) is 7.11 Å². The van der Waals surface area contributed by atoms with Crippen molar-refractivity contribution < 1.29 is 9.53 Å². The molecule has 0 aromatic heterocycles. The molecule has 0 amide bonds. The first-order valence-electron chi connectivity index (χ1n) is 6.69. The highest BCUT2D eigenvalue weighted by molar-refractivity contribution is 6.30. The molecule has 2 atom stereocenters. The summed E-state index contributed by atoms with van der Waals surface area (Å²) in [5.74, 6) is -0.106. The zero-order valence-electron chi connectivity index (χ0n) is 12.2. The molecule has 0 aliphatic carbocycles. The minimum atomic E-state index is -0.347. The number of benzene rings is 1. The first-order valence-corrected chi connectivity index (χ1v) is 7.07.